The molecule has 1 atom stereocenters. The number of carbonyl (C=O) groups is 2. The zero-order valence-corrected chi connectivity index (χ0v) is 8.05. The van der Waals surface area contributed by atoms with Gasteiger partial charge in [0.15, 0.2) is 0 Å². The Bertz CT molecular complexity index is 178. The molecule has 0 saturated heterocycles. The van der Waals surface area contributed by atoms with Crippen molar-refractivity contribution in [3.63, 3.8) is 0 Å². The second kappa shape index (κ2) is 4.87. The predicted molar refractivity (Wildman–Crippen MR) is 46.6 cm³/mol. The van der Waals surface area contributed by atoms with E-state index in [2.05, 4.69) is 5.32 Å². The molecule has 0 radical (unpaired) electrons. The molecule has 0 bridgehead atoms. The van der Waals surface area contributed by atoms with E-state index in [1.807, 2.05) is 25.9 Å². The fraction of sp³-hybridized carbons (Fsp3) is 0.750. The lowest BCUT2D eigenvalue weighted by molar-refractivity contribution is -0.138. The van der Waals surface area contributed by atoms with Crippen LogP contribution in [0, 0.1) is 0 Å². The lowest BCUT2D eigenvalue weighted by Crippen LogP contribution is -2.45. The van der Waals surface area contributed by atoms with Crippen LogP contribution in [0.2, 0.25) is 0 Å². The van der Waals surface area contributed by atoms with Crippen LogP contribution in [-0.2, 0) is 9.59 Å². The zero-order chi connectivity index (χ0) is 9.72. The van der Waals surface area contributed by atoms with Crippen LogP contribution in [-0.4, -0.2) is 36.9 Å². The molecule has 0 fully saturated rings. The summed E-state index contributed by atoms with van der Waals surface area (Å²) < 4.78 is 0. The lowest BCUT2D eigenvalue weighted by atomic mass is 10.3. The third-order valence-electron chi connectivity index (χ3n) is 1.69. The number of ketones is 1. The number of hydrogen-bond acceptors (Lipinski definition) is 3. The number of nitrogens with one attached hydrogen (secondary N) is 1. The van der Waals surface area contributed by atoms with Crippen LogP contribution >= 0.6 is 0 Å². The first-order chi connectivity index (χ1) is 5.49. The fourth-order valence-electron chi connectivity index (χ4n) is 0.560. The van der Waals surface area contributed by atoms with Crippen LogP contribution in [0.1, 0.15) is 20.3 Å². The number of Topliss-reactive ketones (excluding diaryl/α,β-unsaturated/α-hetero) is 1. The highest BCUT2D eigenvalue weighted by molar-refractivity contribution is 6.36. The van der Waals surface area contributed by atoms with E-state index in [1.165, 1.54) is 0 Å². The second-order valence-corrected chi connectivity index (χ2v) is 2.89. The monoisotopic (exact) mass is 172 g/mol. The highest BCUT2D eigenvalue weighted by Crippen LogP contribution is 1.87. The summed E-state index contributed by atoms with van der Waals surface area (Å²) in [5.74, 6) is -0.873. The average molecular weight is 172 g/mol. The van der Waals surface area contributed by atoms with Crippen molar-refractivity contribution in [3.05, 3.63) is 0 Å². The van der Waals surface area contributed by atoms with Crippen molar-refractivity contribution in [1.29, 1.82) is 0 Å². The summed E-state index contributed by atoms with van der Waals surface area (Å²) >= 11 is 0. The number of carbonyl (C=O) groups excluding carboxylic acids is 2. The Morgan fingerprint density at radius 2 is 1.92 bits per heavy atom. The molecule has 12 heavy (non-hydrogen) atoms. The largest absolute Gasteiger partial charge is 0.334 e. The van der Waals surface area contributed by atoms with E-state index in [1.54, 1.807) is 6.92 Å². The van der Waals surface area contributed by atoms with E-state index < -0.39 is 5.91 Å². The Kier molecular flexibility index (Phi) is 4.51. The van der Waals surface area contributed by atoms with Gasteiger partial charge in [-0.3, -0.25) is 14.5 Å². The van der Waals surface area contributed by atoms with Gasteiger partial charge in [0.1, 0.15) is 0 Å². The second-order valence-electron chi connectivity index (χ2n) is 2.89. The van der Waals surface area contributed by atoms with Gasteiger partial charge in [0.2, 0.25) is 5.78 Å². The van der Waals surface area contributed by atoms with E-state index in [-0.39, 0.29) is 18.4 Å². The summed E-state index contributed by atoms with van der Waals surface area (Å²) in [6.07, 6.45) is 0.152. The summed E-state index contributed by atoms with van der Waals surface area (Å²) in [7, 11) is 3.67. The highest BCUT2D eigenvalue weighted by Gasteiger charge is 2.14. The van der Waals surface area contributed by atoms with Crippen LogP contribution in [0.3, 0.4) is 0 Å². The summed E-state index contributed by atoms with van der Waals surface area (Å²) in [5, 5.41) is 2.57. The van der Waals surface area contributed by atoms with Gasteiger partial charge < -0.3 is 5.32 Å². The van der Waals surface area contributed by atoms with Crippen molar-refractivity contribution in [1.82, 2.24) is 10.2 Å². The van der Waals surface area contributed by atoms with Gasteiger partial charge in [0.25, 0.3) is 5.91 Å². The molecule has 0 aromatic carbocycles. The fourth-order valence-corrected chi connectivity index (χ4v) is 0.560. The molecule has 4 heteroatoms. The van der Waals surface area contributed by atoms with Crippen molar-refractivity contribution >= 4 is 11.7 Å². The molecular weight excluding hydrogens is 156 g/mol. The Labute approximate surface area is 72.9 Å². The third kappa shape index (κ3) is 3.48. The van der Waals surface area contributed by atoms with Gasteiger partial charge in [-0.2, -0.15) is 0 Å². The highest BCUT2D eigenvalue weighted by atomic mass is 16.2. The van der Waals surface area contributed by atoms with E-state index in [0.717, 1.165) is 0 Å². The third-order valence-corrected chi connectivity index (χ3v) is 1.69. The maximum absolute atomic E-state index is 11.0. The number of amides is 1. The van der Waals surface area contributed by atoms with Gasteiger partial charge >= 0.3 is 0 Å². The predicted octanol–water partition coefficient (Wildman–Crippen LogP) is -0.0107. The van der Waals surface area contributed by atoms with E-state index in [0.29, 0.717) is 0 Å². The number of rotatable bonds is 4. The van der Waals surface area contributed by atoms with Gasteiger partial charge in [-0.15, -0.1) is 0 Å². The molecule has 0 aromatic rings. The van der Waals surface area contributed by atoms with Crippen molar-refractivity contribution in [3.8, 4) is 0 Å². The number of hydrogen-bond donors (Lipinski definition) is 1. The van der Waals surface area contributed by atoms with Crippen LogP contribution in [0.4, 0.5) is 0 Å². The van der Waals surface area contributed by atoms with Crippen molar-refractivity contribution < 1.29 is 9.59 Å². The van der Waals surface area contributed by atoms with Gasteiger partial charge in [-0.05, 0) is 21.0 Å². The summed E-state index contributed by atoms with van der Waals surface area (Å²) in [6.45, 7) is 3.49. The van der Waals surface area contributed by atoms with E-state index >= 15 is 0 Å². The molecule has 0 aliphatic heterocycles. The minimum absolute atomic E-state index is 0.104. The van der Waals surface area contributed by atoms with Crippen LogP contribution in [0.15, 0.2) is 0 Å². The quantitative estimate of drug-likeness (QED) is 0.479. The average Bonchev–Trinajstić information content (AvgIpc) is 2.02. The van der Waals surface area contributed by atoms with Crippen molar-refractivity contribution in [2.75, 3.05) is 14.1 Å². The SMILES string of the molecule is CCC(=O)C(=O)NC(C)N(C)C. The van der Waals surface area contributed by atoms with E-state index in [9.17, 15) is 9.59 Å². The Morgan fingerprint density at radius 1 is 1.42 bits per heavy atom. The first kappa shape index (κ1) is 11.1. The minimum atomic E-state index is -0.501. The molecule has 0 aromatic heterocycles. The van der Waals surface area contributed by atoms with E-state index in [4.69, 9.17) is 0 Å². The van der Waals surface area contributed by atoms with Crippen LogP contribution in [0.25, 0.3) is 0 Å². The first-order valence-corrected chi connectivity index (χ1v) is 3.99. The normalized spacial score (nSPS) is 12.8. The molecule has 0 saturated carbocycles. The summed E-state index contributed by atoms with van der Waals surface area (Å²) in [5.41, 5.74) is 0. The molecule has 1 unspecified atom stereocenters. The molecule has 0 spiro atoms. The molecule has 0 aliphatic carbocycles. The van der Waals surface area contributed by atoms with Gasteiger partial charge in [0, 0.05) is 6.42 Å². The Hall–Kier alpha value is -0.900. The maximum Gasteiger partial charge on any atom is 0.288 e. The molecule has 70 valence electrons. The van der Waals surface area contributed by atoms with Crippen LogP contribution in [0.5, 0.6) is 0 Å². The molecule has 1 N–H and O–H groups in total. The number of nitrogens with zero attached hydrogens (tertiary/aromatic N) is 1. The molecule has 0 rings (SSSR count). The maximum atomic E-state index is 11.0. The van der Waals surface area contributed by atoms with Crippen LogP contribution < -0.4 is 5.32 Å². The molecular formula is C8H16N2O2. The minimum Gasteiger partial charge on any atom is -0.334 e. The first-order valence-electron chi connectivity index (χ1n) is 3.99. The smallest absolute Gasteiger partial charge is 0.288 e. The standard InChI is InChI=1S/C8H16N2O2/c1-5-7(11)8(12)9-6(2)10(3)4/h6H,5H2,1-4H3,(H,9,12). The molecule has 0 aliphatic rings. The molecule has 0 heterocycles. The van der Waals surface area contributed by atoms with Gasteiger partial charge in [-0.1, -0.05) is 6.92 Å². The Morgan fingerprint density at radius 3 is 2.25 bits per heavy atom. The summed E-state index contributed by atoms with van der Waals surface area (Å²) in [4.78, 5) is 23.7. The van der Waals surface area contributed by atoms with Gasteiger partial charge in [0.05, 0.1) is 6.17 Å². The lowest BCUT2D eigenvalue weighted by Gasteiger charge is -2.20. The summed E-state index contributed by atoms with van der Waals surface area (Å²) in [6, 6.07) is 0. The van der Waals surface area contributed by atoms with Gasteiger partial charge in [-0.25, -0.2) is 0 Å². The zero-order valence-electron chi connectivity index (χ0n) is 8.05. The Balaban J connectivity index is 3.92. The van der Waals surface area contributed by atoms with Crippen molar-refractivity contribution in [2.24, 2.45) is 0 Å². The topological polar surface area (TPSA) is 49.4 Å². The molecule has 4 nitrogen and oxygen atoms in total. The van der Waals surface area contributed by atoms with Crippen molar-refractivity contribution in [2.45, 2.75) is 26.4 Å². The molecule has 1 amide bonds.